The smallest absolute Gasteiger partial charge is 0.254 e. The van der Waals surface area contributed by atoms with Crippen LogP contribution >= 0.6 is 0 Å². The first-order valence-electron chi connectivity index (χ1n) is 10.7. The molecule has 3 heterocycles. The number of likely N-dealkylation sites (tertiary alicyclic amines) is 1. The number of rotatable bonds is 4. The molecule has 7 heteroatoms. The van der Waals surface area contributed by atoms with E-state index in [1.54, 1.807) is 12.4 Å². The maximum absolute atomic E-state index is 13.3. The fourth-order valence-electron chi connectivity index (χ4n) is 4.74. The monoisotopic (exact) mass is 410 g/mol. The number of hydrogen-bond donors (Lipinski definition) is 2. The van der Waals surface area contributed by atoms with Gasteiger partial charge in [0.05, 0.1) is 18.7 Å². The summed E-state index contributed by atoms with van der Waals surface area (Å²) in [5.74, 6) is 0.0143. The SMILES string of the molecule is Cc1ccc(C)c(C(=O)N2CCC3(CCOCC3)C(NC(=O)Cc3cn[nH]c3)C2)c1. The lowest BCUT2D eigenvalue weighted by Crippen LogP contribution is -2.61. The van der Waals surface area contributed by atoms with E-state index in [2.05, 4.69) is 15.5 Å². The molecule has 2 aliphatic rings. The summed E-state index contributed by atoms with van der Waals surface area (Å²) in [6.07, 6.45) is 6.39. The lowest BCUT2D eigenvalue weighted by molar-refractivity contribution is -0.124. The van der Waals surface area contributed by atoms with Gasteiger partial charge in [0, 0.05) is 38.1 Å². The molecule has 2 aliphatic heterocycles. The Balaban J connectivity index is 1.52. The van der Waals surface area contributed by atoms with Gasteiger partial charge >= 0.3 is 0 Å². The molecule has 1 spiro atoms. The van der Waals surface area contributed by atoms with Crippen molar-refractivity contribution in [3.8, 4) is 0 Å². The van der Waals surface area contributed by atoms with Crippen molar-refractivity contribution in [2.24, 2.45) is 5.41 Å². The Morgan fingerprint density at radius 1 is 1.27 bits per heavy atom. The Kier molecular flexibility index (Phi) is 5.90. The molecular weight excluding hydrogens is 380 g/mol. The van der Waals surface area contributed by atoms with Gasteiger partial charge in [0.25, 0.3) is 5.91 Å². The number of aryl methyl sites for hydroxylation is 2. The van der Waals surface area contributed by atoms with E-state index >= 15 is 0 Å². The molecule has 2 N–H and O–H groups in total. The topological polar surface area (TPSA) is 87.3 Å². The molecule has 1 aromatic heterocycles. The Labute approximate surface area is 177 Å². The number of carbonyl (C=O) groups is 2. The molecule has 0 aliphatic carbocycles. The minimum Gasteiger partial charge on any atom is -0.381 e. The highest BCUT2D eigenvalue weighted by Crippen LogP contribution is 2.41. The van der Waals surface area contributed by atoms with Gasteiger partial charge in [-0.1, -0.05) is 17.7 Å². The molecule has 1 aromatic carbocycles. The molecule has 30 heavy (non-hydrogen) atoms. The zero-order chi connectivity index (χ0) is 21.1. The molecule has 1 unspecified atom stereocenters. The average Bonchev–Trinajstić information content (AvgIpc) is 3.24. The Hall–Kier alpha value is -2.67. The molecule has 0 radical (unpaired) electrons. The van der Waals surface area contributed by atoms with Crippen molar-refractivity contribution >= 4 is 11.8 Å². The number of amides is 2. The summed E-state index contributed by atoms with van der Waals surface area (Å²) in [5.41, 5.74) is 3.65. The highest BCUT2D eigenvalue weighted by atomic mass is 16.5. The number of ether oxygens (including phenoxy) is 1. The van der Waals surface area contributed by atoms with Gasteiger partial charge < -0.3 is 15.0 Å². The summed E-state index contributed by atoms with van der Waals surface area (Å²) in [7, 11) is 0. The Bertz CT molecular complexity index is 903. The second-order valence-corrected chi connectivity index (χ2v) is 8.70. The number of piperidine rings is 1. The third-order valence-corrected chi connectivity index (χ3v) is 6.68. The van der Waals surface area contributed by atoms with Crippen molar-refractivity contribution in [3.63, 3.8) is 0 Å². The maximum atomic E-state index is 13.3. The van der Waals surface area contributed by atoms with Crippen molar-refractivity contribution in [3.05, 3.63) is 52.8 Å². The van der Waals surface area contributed by atoms with Gasteiger partial charge in [0.2, 0.25) is 5.91 Å². The fourth-order valence-corrected chi connectivity index (χ4v) is 4.74. The summed E-state index contributed by atoms with van der Waals surface area (Å²) in [6.45, 7) is 6.63. The van der Waals surface area contributed by atoms with Crippen LogP contribution in [0.25, 0.3) is 0 Å². The first-order chi connectivity index (χ1) is 14.5. The van der Waals surface area contributed by atoms with Crippen molar-refractivity contribution in [2.75, 3.05) is 26.3 Å². The summed E-state index contributed by atoms with van der Waals surface area (Å²) in [4.78, 5) is 28.0. The molecule has 2 fully saturated rings. The quantitative estimate of drug-likeness (QED) is 0.810. The van der Waals surface area contributed by atoms with Crippen molar-refractivity contribution < 1.29 is 14.3 Å². The van der Waals surface area contributed by atoms with Crippen LogP contribution in [0, 0.1) is 19.3 Å². The molecule has 0 saturated carbocycles. The number of aromatic amines is 1. The lowest BCUT2D eigenvalue weighted by Gasteiger charge is -2.50. The molecule has 2 aromatic rings. The summed E-state index contributed by atoms with van der Waals surface area (Å²) in [5, 5.41) is 9.91. The summed E-state index contributed by atoms with van der Waals surface area (Å²) < 4.78 is 5.60. The lowest BCUT2D eigenvalue weighted by atomic mass is 9.69. The van der Waals surface area contributed by atoms with Crippen molar-refractivity contribution in [2.45, 2.75) is 45.6 Å². The van der Waals surface area contributed by atoms with E-state index in [1.165, 1.54) is 0 Å². The van der Waals surface area contributed by atoms with E-state index in [4.69, 9.17) is 4.74 Å². The van der Waals surface area contributed by atoms with Crippen molar-refractivity contribution in [1.82, 2.24) is 20.4 Å². The molecule has 4 rings (SSSR count). The number of nitrogens with zero attached hydrogens (tertiary/aromatic N) is 2. The van der Waals surface area contributed by atoms with Crippen LogP contribution in [0.3, 0.4) is 0 Å². The van der Waals surface area contributed by atoms with Gasteiger partial charge in [0.1, 0.15) is 0 Å². The van der Waals surface area contributed by atoms with Gasteiger partial charge in [-0.25, -0.2) is 0 Å². The predicted octanol–water partition coefficient (Wildman–Crippen LogP) is 2.40. The first kappa shape index (κ1) is 20.6. The first-order valence-corrected chi connectivity index (χ1v) is 10.7. The van der Waals surface area contributed by atoms with Crippen LogP contribution < -0.4 is 5.32 Å². The van der Waals surface area contributed by atoms with E-state index in [9.17, 15) is 9.59 Å². The fraction of sp³-hybridized carbons (Fsp3) is 0.522. The second kappa shape index (κ2) is 8.60. The van der Waals surface area contributed by atoms with E-state index in [0.29, 0.717) is 26.3 Å². The van der Waals surface area contributed by atoms with Crippen LogP contribution in [0.2, 0.25) is 0 Å². The van der Waals surface area contributed by atoms with Gasteiger partial charge in [-0.15, -0.1) is 0 Å². The zero-order valence-electron chi connectivity index (χ0n) is 17.7. The van der Waals surface area contributed by atoms with E-state index in [1.807, 2.05) is 36.9 Å². The Morgan fingerprint density at radius 3 is 2.80 bits per heavy atom. The van der Waals surface area contributed by atoms with Gasteiger partial charge in [0.15, 0.2) is 0 Å². The van der Waals surface area contributed by atoms with Crippen LogP contribution in [0.15, 0.2) is 30.6 Å². The average molecular weight is 411 g/mol. The molecule has 7 nitrogen and oxygen atoms in total. The third kappa shape index (κ3) is 4.26. The summed E-state index contributed by atoms with van der Waals surface area (Å²) >= 11 is 0. The molecular formula is C23H30N4O3. The van der Waals surface area contributed by atoms with Gasteiger partial charge in [-0.05, 0) is 55.7 Å². The van der Waals surface area contributed by atoms with Crippen LogP contribution in [0.4, 0.5) is 0 Å². The van der Waals surface area contributed by atoms with Crippen molar-refractivity contribution in [1.29, 1.82) is 0 Å². The Morgan fingerprint density at radius 2 is 2.07 bits per heavy atom. The number of carbonyl (C=O) groups excluding carboxylic acids is 2. The standard InChI is InChI=1S/C23H30N4O3/c1-16-3-4-17(2)19(11-16)22(29)27-8-5-23(6-9-30-10-7-23)20(15-27)26-21(28)12-18-13-24-25-14-18/h3-4,11,13-14,20H,5-10,12,15H2,1-2H3,(H,24,25)(H,26,28). The third-order valence-electron chi connectivity index (χ3n) is 6.68. The number of hydrogen-bond acceptors (Lipinski definition) is 4. The van der Waals surface area contributed by atoms with Gasteiger partial charge in [-0.2, -0.15) is 5.10 Å². The minimum atomic E-state index is -0.0800. The molecule has 160 valence electrons. The van der Waals surface area contributed by atoms with Crippen LogP contribution in [0.5, 0.6) is 0 Å². The second-order valence-electron chi connectivity index (χ2n) is 8.70. The van der Waals surface area contributed by atoms with E-state index in [0.717, 1.165) is 41.5 Å². The molecule has 2 amide bonds. The number of benzene rings is 1. The molecule has 2 saturated heterocycles. The summed E-state index contributed by atoms with van der Waals surface area (Å²) in [6, 6.07) is 5.90. The number of aromatic nitrogens is 2. The van der Waals surface area contributed by atoms with Crippen LogP contribution in [-0.2, 0) is 16.0 Å². The van der Waals surface area contributed by atoms with Crippen LogP contribution in [-0.4, -0.2) is 59.3 Å². The normalized spacial score (nSPS) is 20.9. The maximum Gasteiger partial charge on any atom is 0.254 e. The van der Waals surface area contributed by atoms with E-state index < -0.39 is 0 Å². The predicted molar refractivity (Wildman–Crippen MR) is 113 cm³/mol. The molecule has 0 bridgehead atoms. The molecule has 1 atom stereocenters. The van der Waals surface area contributed by atoms with Crippen LogP contribution in [0.1, 0.15) is 46.3 Å². The zero-order valence-corrected chi connectivity index (χ0v) is 17.7. The number of H-pyrrole nitrogens is 1. The highest BCUT2D eigenvalue weighted by molar-refractivity contribution is 5.96. The minimum absolute atomic E-state index is 0.0112. The number of nitrogens with one attached hydrogen (secondary N) is 2. The van der Waals surface area contributed by atoms with Gasteiger partial charge in [-0.3, -0.25) is 14.7 Å². The highest BCUT2D eigenvalue weighted by Gasteiger charge is 2.45. The van der Waals surface area contributed by atoms with E-state index in [-0.39, 0.29) is 29.7 Å². The largest absolute Gasteiger partial charge is 0.381 e.